The molecule has 0 N–H and O–H groups in total. The lowest BCUT2D eigenvalue weighted by Gasteiger charge is -2.01. The highest BCUT2D eigenvalue weighted by Gasteiger charge is 2.03. The van der Waals surface area contributed by atoms with Gasteiger partial charge in [-0.3, -0.25) is 0 Å². The van der Waals surface area contributed by atoms with Gasteiger partial charge in [0.15, 0.2) is 0 Å². The molecule has 2 aromatic rings. The van der Waals surface area contributed by atoms with Crippen molar-refractivity contribution in [2.24, 2.45) is 7.05 Å². The van der Waals surface area contributed by atoms with Gasteiger partial charge in [-0.05, 0) is 35.9 Å². The predicted molar refractivity (Wildman–Crippen MR) is 70.3 cm³/mol. The third-order valence-electron chi connectivity index (χ3n) is 2.52. The van der Waals surface area contributed by atoms with E-state index < -0.39 is 0 Å². The molecule has 0 saturated carbocycles. The van der Waals surface area contributed by atoms with E-state index in [2.05, 4.69) is 6.07 Å². The zero-order valence-electron chi connectivity index (χ0n) is 9.39. The fourth-order valence-electron chi connectivity index (χ4n) is 1.63. The molecule has 0 atom stereocenters. The third kappa shape index (κ3) is 2.58. The van der Waals surface area contributed by atoms with Crippen molar-refractivity contribution in [2.75, 3.05) is 0 Å². The van der Waals surface area contributed by atoms with Crippen molar-refractivity contribution in [1.82, 2.24) is 4.57 Å². The molecule has 2 nitrogen and oxygen atoms in total. The summed E-state index contributed by atoms with van der Waals surface area (Å²) in [5, 5.41) is 9.87. The first-order valence-corrected chi connectivity index (χ1v) is 5.57. The number of aryl methyl sites for hydroxylation is 1. The predicted octanol–water partition coefficient (Wildman–Crippen LogP) is 3.74. The topological polar surface area (TPSA) is 28.7 Å². The molecule has 1 aromatic heterocycles. The van der Waals surface area contributed by atoms with E-state index in [0.717, 1.165) is 11.3 Å². The second-order valence-electron chi connectivity index (χ2n) is 3.73. The Balaban J connectivity index is 2.41. The van der Waals surface area contributed by atoms with E-state index in [1.54, 1.807) is 0 Å². The van der Waals surface area contributed by atoms with Crippen molar-refractivity contribution in [2.45, 2.75) is 0 Å². The van der Waals surface area contributed by atoms with Crippen LogP contribution in [0.5, 0.6) is 0 Å². The van der Waals surface area contributed by atoms with Gasteiger partial charge in [-0.2, -0.15) is 5.26 Å². The highest BCUT2D eigenvalue weighted by atomic mass is 35.5. The first kappa shape index (κ1) is 11.5. The molecule has 0 saturated heterocycles. The molecular formula is C14H11ClN2. The highest BCUT2D eigenvalue weighted by Crippen LogP contribution is 2.18. The molecule has 0 spiro atoms. The lowest BCUT2D eigenvalue weighted by Crippen LogP contribution is -1.92. The molecular weight excluding hydrogens is 232 g/mol. The Morgan fingerprint density at radius 3 is 2.53 bits per heavy atom. The lowest BCUT2D eigenvalue weighted by atomic mass is 10.1. The van der Waals surface area contributed by atoms with Crippen LogP contribution in [0.3, 0.4) is 0 Å². The van der Waals surface area contributed by atoms with Crippen LogP contribution >= 0.6 is 11.6 Å². The highest BCUT2D eigenvalue weighted by molar-refractivity contribution is 6.30. The quantitative estimate of drug-likeness (QED) is 0.738. The standard InChI is InChI=1S/C14H11ClN2/c1-17-8-2-3-14(17)12(10-16)9-11-4-6-13(15)7-5-11/h2-9H,1H3. The van der Waals surface area contributed by atoms with Crippen molar-refractivity contribution in [3.63, 3.8) is 0 Å². The van der Waals surface area contributed by atoms with Gasteiger partial charge in [0.1, 0.15) is 6.07 Å². The van der Waals surface area contributed by atoms with Gasteiger partial charge >= 0.3 is 0 Å². The Bertz CT molecular complexity index is 585. The second kappa shape index (κ2) is 4.90. The Hall–Kier alpha value is -1.98. The van der Waals surface area contributed by atoms with Gasteiger partial charge in [0.25, 0.3) is 0 Å². The van der Waals surface area contributed by atoms with Crippen LogP contribution in [-0.2, 0) is 7.05 Å². The van der Waals surface area contributed by atoms with Crippen molar-refractivity contribution >= 4 is 23.3 Å². The van der Waals surface area contributed by atoms with Crippen molar-refractivity contribution in [3.05, 3.63) is 58.9 Å². The van der Waals surface area contributed by atoms with Gasteiger partial charge in [0.05, 0.1) is 11.3 Å². The summed E-state index contributed by atoms with van der Waals surface area (Å²) in [6.45, 7) is 0. The van der Waals surface area contributed by atoms with Crippen LogP contribution in [0.2, 0.25) is 5.02 Å². The van der Waals surface area contributed by atoms with Crippen LogP contribution in [0.25, 0.3) is 11.6 Å². The second-order valence-corrected chi connectivity index (χ2v) is 4.16. The zero-order chi connectivity index (χ0) is 12.3. The summed E-state index contributed by atoms with van der Waals surface area (Å²) in [5.41, 5.74) is 2.51. The Morgan fingerprint density at radius 1 is 1.29 bits per heavy atom. The Labute approximate surface area is 105 Å². The van der Waals surface area contributed by atoms with Gasteiger partial charge in [-0.1, -0.05) is 23.7 Å². The first-order chi connectivity index (χ1) is 8.20. The number of rotatable bonds is 2. The number of halogens is 1. The van der Waals surface area contributed by atoms with E-state index in [9.17, 15) is 5.26 Å². The normalized spacial score (nSPS) is 11.2. The molecule has 0 bridgehead atoms. The fraction of sp³-hybridized carbons (Fsp3) is 0.0714. The summed E-state index contributed by atoms with van der Waals surface area (Å²) < 4.78 is 1.92. The molecule has 0 unspecified atom stereocenters. The van der Waals surface area contributed by atoms with E-state index in [4.69, 9.17) is 11.6 Å². The Kier molecular flexibility index (Phi) is 3.32. The van der Waals surface area contributed by atoms with E-state index in [1.807, 2.05) is 60.3 Å². The molecule has 1 heterocycles. The summed E-state index contributed by atoms with van der Waals surface area (Å²) in [6, 6.07) is 13.5. The minimum absolute atomic E-state index is 0.639. The van der Waals surface area contributed by atoms with Crippen molar-refractivity contribution in [1.29, 1.82) is 5.26 Å². The number of nitrogens with zero attached hydrogens (tertiary/aromatic N) is 2. The summed E-state index contributed by atoms with van der Waals surface area (Å²) in [7, 11) is 1.92. The summed E-state index contributed by atoms with van der Waals surface area (Å²) >= 11 is 5.82. The van der Waals surface area contributed by atoms with Crippen LogP contribution in [0, 0.1) is 11.3 Å². The van der Waals surface area contributed by atoms with Crippen LogP contribution in [0.1, 0.15) is 11.3 Å². The minimum atomic E-state index is 0.639. The molecule has 84 valence electrons. The number of aromatic nitrogens is 1. The monoisotopic (exact) mass is 242 g/mol. The number of benzene rings is 1. The molecule has 0 aliphatic carbocycles. The van der Waals surface area contributed by atoms with Crippen molar-refractivity contribution < 1.29 is 0 Å². The molecule has 2 rings (SSSR count). The average Bonchev–Trinajstić information content (AvgIpc) is 2.75. The van der Waals surface area contributed by atoms with Crippen LogP contribution in [-0.4, -0.2) is 4.57 Å². The SMILES string of the molecule is Cn1cccc1C(C#N)=Cc1ccc(Cl)cc1. The van der Waals surface area contributed by atoms with E-state index >= 15 is 0 Å². The molecule has 1 aromatic carbocycles. The number of hydrogen-bond acceptors (Lipinski definition) is 1. The molecule has 0 fully saturated rings. The molecule has 0 aliphatic rings. The maximum absolute atomic E-state index is 9.18. The van der Waals surface area contributed by atoms with Gasteiger partial charge < -0.3 is 4.57 Å². The summed E-state index contributed by atoms with van der Waals surface area (Å²) in [4.78, 5) is 0. The average molecular weight is 243 g/mol. The van der Waals surface area contributed by atoms with Crippen molar-refractivity contribution in [3.8, 4) is 6.07 Å². The molecule has 3 heteroatoms. The van der Waals surface area contributed by atoms with Gasteiger partial charge in [-0.25, -0.2) is 0 Å². The first-order valence-electron chi connectivity index (χ1n) is 5.20. The van der Waals surface area contributed by atoms with Gasteiger partial charge in [0, 0.05) is 18.3 Å². The summed E-state index contributed by atoms with van der Waals surface area (Å²) in [6.07, 6.45) is 3.77. The molecule has 0 aliphatic heterocycles. The molecule has 17 heavy (non-hydrogen) atoms. The molecule has 0 amide bonds. The summed E-state index contributed by atoms with van der Waals surface area (Å²) in [5.74, 6) is 0. The maximum Gasteiger partial charge on any atom is 0.101 e. The molecule has 0 radical (unpaired) electrons. The lowest BCUT2D eigenvalue weighted by molar-refractivity contribution is 0.911. The number of allylic oxidation sites excluding steroid dienone is 1. The zero-order valence-corrected chi connectivity index (χ0v) is 10.1. The largest absolute Gasteiger partial charge is 0.350 e. The van der Waals surface area contributed by atoms with E-state index in [0.29, 0.717) is 10.6 Å². The van der Waals surface area contributed by atoms with E-state index in [-0.39, 0.29) is 0 Å². The third-order valence-corrected chi connectivity index (χ3v) is 2.77. The van der Waals surface area contributed by atoms with Gasteiger partial charge in [0.2, 0.25) is 0 Å². The number of nitriles is 1. The van der Waals surface area contributed by atoms with Crippen LogP contribution in [0.4, 0.5) is 0 Å². The van der Waals surface area contributed by atoms with Crippen LogP contribution < -0.4 is 0 Å². The van der Waals surface area contributed by atoms with E-state index in [1.165, 1.54) is 0 Å². The minimum Gasteiger partial charge on any atom is -0.350 e. The van der Waals surface area contributed by atoms with Crippen LogP contribution in [0.15, 0.2) is 42.6 Å². The maximum atomic E-state index is 9.18. The number of hydrogen-bond donors (Lipinski definition) is 0. The smallest absolute Gasteiger partial charge is 0.101 e. The fourth-order valence-corrected chi connectivity index (χ4v) is 1.76. The van der Waals surface area contributed by atoms with Gasteiger partial charge in [-0.15, -0.1) is 0 Å². The Morgan fingerprint density at radius 2 is 2.00 bits per heavy atom.